The summed E-state index contributed by atoms with van der Waals surface area (Å²) in [6.45, 7) is 7.64. The van der Waals surface area contributed by atoms with Crippen LogP contribution in [-0.4, -0.2) is 10.9 Å². The molecule has 0 aliphatic carbocycles. The third-order valence-corrected chi connectivity index (χ3v) is 3.04. The molecule has 0 aliphatic rings. The van der Waals surface area contributed by atoms with Crippen molar-refractivity contribution in [2.45, 2.75) is 40.2 Å². The minimum atomic E-state index is -0.701. The van der Waals surface area contributed by atoms with E-state index in [-0.39, 0.29) is 11.7 Å². The van der Waals surface area contributed by atoms with Crippen molar-refractivity contribution in [1.82, 2.24) is 0 Å². The van der Waals surface area contributed by atoms with Gasteiger partial charge < -0.3 is 5.11 Å². The van der Waals surface area contributed by atoms with E-state index in [9.17, 15) is 9.90 Å². The molecule has 2 atom stereocenters. The van der Waals surface area contributed by atoms with Gasteiger partial charge in [-0.05, 0) is 12.0 Å². The first kappa shape index (κ1) is 13.9. The summed E-state index contributed by atoms with van der Waals surface area (Å²) in [5, 5.41) is 10.3. The van der Waals surface area contributed by atoms with Gasteiger partial charge in [-0.25, -0.2) is 0 Å². The first-order valence-electron chi connectivity index (χ1n) is 6.15. The Hall–Kier alpha value is -1.15. The lowest BCUT2D eigenvalue weighted by Crippen LogP contribution is -2.32. The second-order valence-corrected chi connectivity index (χ2v) is 5.48. The van der Waals surface area contributed by atoms with Crippen molar-refractivity contribution in [2.75, 3.05) is 0 Å². The summed E-state index contributed by atoms with van der Waals surface area (Å²) in [5.41, 5.74) is 0.410. The van der Waals surface area contributed by atoms with Crippen molar-refractivity contribution in [2.24, 2.45) is 11.3 Å². The van der Waals surface area contributed by atoms with Gasteiger partial charge in [-0.3, -0.25) is 4.79 Å². The van der Waals surface area contributed by atoms with E-state index in [0.29, 0.717) is 6.42 Å². The number of aliphatic hydroxyl groups is 1. The number of carbonyl (C=O) groups is 1. The lowest BCUT2D eigenvalue weighted by atomic mass is 9.78. The van der Waals surface area contributed by atoms with E-state index in [4.69, 9.17) is 0 Å². The van der Waals surface area contributed by atoms with Crippen molar-refractivity contribution in [3.8, 4) is 0 Å². The maximum absolute atomic E-state index is 12.3. The molecule has 0 unspecified atom stereocenters. The lowest BCUT2D eigenvalue weighted by molar-refractivity contribution is -0.134. The van der Waals surface area contributed by atoms with Crippen LogP contribution in [0.15, 0.2) is 30.3 Å². The van der Waals surface area contributed by atoms with Crippen LogP contribution in [0.4, 0.5) is 0 Å². The molecule has 0 saturated carbocycles. The summed E-state index contributed by atoms with van der Waals surface area (Å²) in [5.74, 6) is -0.200. The van der Waals surface area contributed by atoms with Crippen LogP contribution in [0.3, 0.4) is 0 Å². The van der Waals surface area contributed by atoms with E-state index in [0.717, 1.165) is 5.56 Å². The Labute approximate surface area is 104 Å². The number of hydrogen-bond donors (Lipinski definition) is 1. The number of hydrogen-bond acceptors (Lipinski definition) is 2. The van der Waals surface area contributed by atoms with Crippen LogP contribution in [0.25, 0.3) is 0 Å². The van der Waals surface area contributed by atoms with Gasteiger partial charge in [0.05, 0.1) is 6.10 Å². The predicted molar refractivity (Wildman–Crippen MR) is 69.6 cm³/mol. The molecule has 1 rings (SSSR count). The standard InChI is InChI=1S/C15H22O2/c1-5-12(14(17)15(2,3)4)13(16)11-9-7-6-8-10-11/h6-10,12-13,16H,5H2,1-4H3/t12-,13+/m0/s1. The minimum absolute atomic E-state index is 0.122. The SMILES string of the molecule is CC[C@H](C(=O)C(C)(C)C)[C@H](O)c1ccccc1. The molecule has 0 spiro atoms. The molecule has 0 aromatic heterocycles. The zero-order valence-electron chi connectivity index (χ0n) is 11.1. The fourth-order valence-electron chi connectivity index (χ4n) is 1.99. The Morgan fingerprint density at radius 3 is 2.18 bits per heavy atom. The molecular formula is C15H22O2. The molecular weight excluding hydrogens is 212 g/mol. The monoisotopic (exact) mass is 234 g/mol. The van der Waals surface area contributed by atoms with Crippen LogP contribution in [0.2, 0.25) is 0 Å². The number of benzene rings is 1. The van der Waals surface area contributed by atoms with Crippen molar-refractivity contribution < 1.29 is 9.90 Å². The van der Waals surface area contributed by atoms with Gasteiger partial charge in [0.1, 0.15) is 5.78 Å². The van der Waals surface area contributed by atoms with Crippen LogP contribution in [0.1, 0.15) is 45.8 Å². The normalized spacial score (nSPS) is 15.4. The zero-order chi connectivity index (χ0) is 13.1. The van der Waals surface area contributed by atoms with E-state index in [1.165, 1.54) is 0 Å². The number of ketones is 1. The van der Waals surface area contributed by atoms with Crippen LogP contribution < -0.4 is 0 Å². The van der Waals surface area contributed by atoms with Gasteiger partial charge in [-0.1, -0.05) is 58.0 Å². The van der Waals surface area contributed by atoms with Gasteiger partial charge >= 0.3 is 0 Å². The summed E-state index contributed by atoms with van der Waals surface area (Å²) >= 11 is 0. The number of aliphatic hydroxyl groups excluding tert-OH is 1. The molecule has 0 radical (unpaired) electrons. The lowest BCUT2D eigenvalue weighted by Gasteiger charge is -2.27. The van der Waals surface area contributed by atoms with E-state index >= 15 is 0 Å². The van der Waals surface area contributed by atoms with Gasteiger partial charge in [0, 0.05) is 11.3 Å². The Balaban J connectivity index is 2.93. The van der Waals surface area contributed by atoms with Gasteiger partial charge in [-0.2, -0.15) is 0 Å². The Kier molecular flexibility index (Phi) is 4.47. The molecule has 0 bridgehead atoms. The summed E-state index contributed by atoms with van der Waals surface area (Å²) < 4.78 is 0. The molecule has 2 nitrogen and oxygen atoms in total. The fourth-order valence-corrected chi connectivity index (χ4v) is 1.99. The molecule has 0 amide bonds. The van der Waals surface area contributed by atoms with E-state index in [1.807, 2.05) is 58.0 Å². The topological polar surface area (TPSA) is 37.3 Å². The average molecular weight is 234 g/mol. The van der Waals surface area contributed by atoms with Crippen LogP contribution in [0, 0.1) is 11.3 Å². The summed E-state index contributed by atoms with van der Waals surface area (Å²) in [6, 6.07) is 9.40. The smallest absolute Gasteiger partial charge is 0.144 e. The highest BCUT2D eigenvalue weighted by molar-refractivity contribution is 5.86. The highest BCUT2D eigenvalue weighted by Gasteiger charge is 2.33. The first-order chi connectivity index (χ1) is 7.88. The largest absolute Gasteiger partial charge is 0.388 e. The molecule has 0 saturated heterocycles. The van der Waals surface area contributed by atoms with Crippen LogP contribution in [0.5, 0.6) is 0 Å². The van der Waals surface area contributed by atoms with Gasteiger partial charge in [0.15, 0.2) is 0 Å². The summed E-state index contributed by atoms with van der Waals surface area (Å²) in [4.78, 5) is 12.3. The third kappa shape index (κ3) is 3.40. The average Bonchev–Trinajstić information content (AvgIpc) is 2.29. The fraction of sp³-hybridized carbons (Fsp3) is 0.533. The molecule has 17 heavy (non-hydrogen) atoms. The minimum Gasteiger partial charge on any atom is -0.388 e. The van der Waals surface area contributed by atoms with Gasteiger partial charge in [0.2, 0.25) is 0 Å². The molecule has 0 aliphatic heterocycles. The van der Waals surface area contributed by atoms with Crippen molar-refractivity contribution in [3.63, 3.8) is 0 Å². The maximum Gasteiger partial charge on any atom is 0.144 e. The van der Waals surface area contributed by atoms with Gasteiger partial charge in [-0.15, -0.1) is 0 Å². The Morgan fingerprint density at radius 1 is 1.24 bits per heavy atom. The first-order valence-corrected chi connectivity index (χ1v) is 6.15. The van der Waals surface area contributed by atoms with Crippen LogP contribution >= 0.6 is 0 Å². The van der Waals surface area contributed by atoms with E-state index in [1.54, 1.807) is 0 Å². The molecule has 1 aromatic rings. The second-order valence-electron chi connectivity index (χ2n) is 5.48. The molecule has 94 valence electrons. The molecule has 2 heteroatoms. The maximum atomic E-state index is 12.3. The Morgan fingerprint density at radius 2 is 1.76 bits per heavy atom. The number of rotatable bonds is 4. The van der Waals surface area contributed by atoms with E-state index < -0.39 is 11.5 Å². The molecule has 0 fully saturated rings. The quantitative estimate of drug-likeness (QED) is 0.867. The highest BCUT2D eigenvalue weighted by atomic mass is 16.3. The van der Waals surface area contributed by atoms with Crippen molar-refractivity contribution in [1.29, 1.82) is 0 Å². The number of carbonyl (C=O) groups excluding carboxylic acids is 1. The van der Waals surface area contributed by atoms with E-state index in [2.05, 4.69) is 0 Å². The molecule has 0 heterocycles. The second kappa shape index (κ2) is 5.46. The Bertz CT molecular complexity index is 362. The molecule has 1 aromatic carbocycles. The summed E-state index contributed by atoms with van der Waals surface area (Å²) in [7, 11) is 0. The van der Waals surface area contributed by atoms with Gasteiger partial charge in [0.25, 0.3) is 0 Å². The summed E-state index contributed by atoms with van der Waals surface area (Å²) in [6.07, 6.45) is -0.0421. The predicted octanol–water partition coefficient (Wildman–Crippen LogP) is 3.36. The van der Waals surface area contributed by atoms with Crippen molar-refractivity contribution in [3.05, 3.63) is 35.9 Å². The zero-order valence-corrected chi connectivity index (χ0v) is 11.1. The number of Topliss-reactive ketones (excluding diaryl/α,β-unsaturated/α-hetero) is 1. The molecule has 1 N–H and O–H groups in total. The highest BCUT2D eigenvalue weighted by Crippen LogP contribution is 2.31. The van der Waals surface area contributed by atoms with Crippen LogP contribution in [-0.2, 0) is 4.79 Å². The van der Waals surface area contributed by atoms with Crippen molar-refractivity contribution >= 4 is 5.78 Å². The third-order valence-electron chi connectivity index (χ3n) is 3.04.